The number of rotatable bonds is 5. The molecule has 0 bridgehead atoms. The number of benzene rings is 2. The van der Waals surface area contributed by atoms with Gasteiger partial charge in [0.15, 0.2) is 18.1 Å². The topological polar surface area (TPSA) is 68.3 Å². The minimum atomic E-state index is -1.30. The van der Waals surface area contributed by atoms with Crippen molar-refractivity contribution in [1.82, 2.24) is 9.21 Å². The van der Waals surface area contributed by atoms with Crippen LogP contribution in [0.5, 0.6) is 17.2 Å². The molecule has 8 heteroatoms. The molecule has 0 N–H and O–H groups in total. The third-order valence-electron chi connectivity index (χ3n) is 4.65. The molecule has 0 aliphatic carbocycles. The summed E-state index contributed by atoms with van der Waals surface area (Å²) >= 11 is 0. The Balaban J connectivity index is 1.30. The van der Waals surface area contributed by atoms with Crippen LogP contribution in [0, 0.1) is 0 Å². The van der Waals surface area contributed by atoms with Gasteiger partial charge in [0.25, 0.3) is 5.91 Å². The number of carbonyl (C=O) groups is 1. The Kier molecular flexibility index (Phi) is 5.78. The molecule has 2 aromatic rings. The standard InChI is InChI=1S/C20H22N2O5S/c23-20(15-27-16-4-2-1-3-5-16)21-8-10-22(11-9-21)28(24)17-6-7-18-19(14-17)26-13-12-25-18/h1-7,14H,8-13,15H2. The van der Waals surface area contributed by atoms with E-state index in [4.69, 9.17) is 14.2 Å². The van der Waals surface area contributed by atoms with E-state index in [0.717, 1.165) is 0 Å². The summed E-state index contributed by atoms with van der Waals surface area (Å²) in [4.78, 5) is 14.8. The Morgan fingerprint density at radius 1 is 0.964 bits per heavy atom. The van der Waals surface area contributed by atoms with Crippen molar-refractivity contribution < 1.29 is 23.2 Å². The van der Waals surface area contributed by atoms with Crippen LogP contribution in [0.25, 0.3) is 0 Å². The molecule has 0 radical (unpaired) electrons. The number of para-hydroxylation sites is 1. The lowest BCUT2D eigenvalue weighted by atomic mass is 10.3. The zero-order chi connectivity index (χ0) is 19.3. The number of fused-ring (bicyclic) bond motifs is 1. The lowest BCUT2D eigenvalue weighted by molar-refractivity contribution is -0.134. The van der Waals surface area contributed by atoms with Crippen molar-refractivity contribution in [2.45, 2.75) is 4.90 Å². The Hall–Kier alpha value is -2.58. The highest BCUT2D eigenvalue weighted by Crippen LogP contribution is 2.32. The molecule has 0 aromatic heterocycles. The fraction of sp³-hybridized carbons (Fsp3) is 0.350. The van der Waals surface area contributed by atoms with Crippen LogP contribution in [-0.2, 0) is 15.8 Å². The predicted molar refractivity (Wildman–Crippen MR) is 104 cm³/mol. The number of amides is 1. The summed E-state index contributed by atoms with van der Waals surface area (Å²) in [6.07, 6.45) is 0. The maximum Gasteiger partial charge on any atom is 0.260 e. The van der Waals surface area contributed by atoms with Gasteiger partial charge < -0.3 is 19.1 Å². The third-order valence-corrected chi connectivity index (χ3v) is 6.14. The zero-order valence-corrected chi connectivity index (χ0v) is 16.2. The van der Waals surface area contributed by atoms with Crippen LogP contribution in [-0.4, -0.2) is 65.3 Å². The van der Waals surface area contributed by atoms with Gasteiger partial charge in [-0.05, 0) is 24.3 Å². The SMILES string of the molecule is O=C(COc1ccccc1)N1CCN(S(=O)c2ccc3c(c2)OCCO3)CC1. The van der Waals surface area contributed by atoms with E-state index in [-0.39, 0.29) is 12.5 Å². The van der Waals surface area contributed by atoms with Crippen LogP contribution < -0.4 is 14.2 Å². The predicted octanol–water partition coefficient (Wildman–Crippen LogP) is 1.70. The molecule has 1 unspecified atom stereocenters. The minimum Gasteiger partial charge on any atom is -0.486 e. The molecule has 7 nitrogen and oxygen atoms in total. The van der Waals surface area contributed by atoms with Crippen LogP contribution >= 0.6 is 0 Å². The molecule has 1 amide bonds. The maximum atomic E-state index is 12.9. The van der Waals surface area contributed by atoms with Crippen LogP contribution in [0.4, 0.5) is 0 Å². The largest absolute Gasteiger partial charge is 0.486 e. The Bertz CT molecular complexity index is 853. The van der Waals surface area contributed by atoms with Crippen molar-refractivity contribution in [2.24, 2.45) is 0 Å². The van der Waals surface area contributed by atoms with Crippen molar-refractivity contribution in [3.8, 4) is 17.2 Å². The molecule has 2 aromatic carbocycles. The summed E-state index contributed by atoms with van der Waals surface area (Å²) in [7, 11) is -1.30. The van der Waals surface area contributed by atoms with Crippen molar-refractivity contribution in [3.05, 3.63) is 48.5 Å². The smallest absolute Gasteiger partial charge is 0.260 e. The summed E-state index contributed by atoms with van der Waals surface area (Å²) in [6.45, 7) is 3.15. The highest BCUT2D eigenvalue weighted by Gasteiger charge is 2.26. The maximum absolute atomic E-state index is 12.9. The van der Waals surface area contributed by atoms with Crippen molar-refractivity contribution in [1.29, 1.82) is 0 Å². The first-order valence-corrected chi connectivity index (χ1v) is 10.3. The molecule has 2 aliphatic heterocycles. The average Bonchev–Trinajstić information content (AvgIpc) is 2.77. The van der Waals surface area contributed by atoms with Crippen LogP contribution in [0.2, 0.25) is 0 Å². The van der Waals surface area contributed by atoms with Gasteiger partial charge in [-0.3, -0.25) is 4.79 Å². The normalized spacial score (nSPS) is 17.8. The van der Waals surface area contributed by atoms with E-state index in [0.29, 0.717) is 61.5 Å². The van der Waals surface area contributed by atoms with Gasteiger partial charge in [0.05, 0.1) is 4.90 Å². The van der Waals surface area contributed by atoms with E-state index in [1.54, 1.807) is 23.1 Å². The molecular weight excluding hydrogens is 380 g/mol. The molecule has 1 fully saturated rings. The fourth-order valence-corrected chi connectivity index (χ4v) is 4.32. The Labute approximate surface area is 166 Å². The van der Waals surface area contributed by atoms with Gasteiger partial charge in [0.2, 0.25) is 0 Å². The van der Waals surface area contributed by atoms with Crippen molar-refractivity contribution >= 4 is 16.9 Å². The minimum absolute atomic E-state index is 0.00919. The summed E-state index contributed by atoms with van der Waals surface area (Å²) < 4.78 is 31.4. The van der Waals surface area contributed by atoms with Gasteiger partial charge in [0.1, 0.15) is 29.9 Å². The van der Waals surface area contributed by atoms with Crippen molar-refractivity contribution in [3.63, 3.8) is 0 Å². The van der Waals surface area contributed by atoms with E-state index < -0.39 is 11.0 Å². The lowest BCUT2D eigenvalue weighted by Gasteiger charge is -2.33. The molecule has 1 saturated heterocycles. The summed E-state index contributed by atoms with van der Waals surface area (Å²) in [5.41, 5.74) is 0. The second kappa shape index (κ2) is 8.62. The lowest BCUT2D eigenvalue weighted by Crippen LogP contribution is -2.50. The molecule has 148 valence electrons. The molecule has 0 spiro atoms. The highest BCUT2D eigenvalue weighted by atomic mass is 32.2. The number of ether oxygens (including phenoxy) is 3. The third kappa shape index (κ3) is 4.28. The van der Waals surface area contributed by atoms with E-state index in [2.05, 4.69) is 0 Å². The van der Waals surface area contributed by atoms with Crippen LogP contribution in [0.1, 0.15) is 0 Å². The van der Waals surface area contributed by atoms with E-state index in [1.165, 1.54) is 0 Å². The first-order chi connectivity index (χ1) is 13.7. The van der Waals surface area contributed by atoms with Crippen molar-refractivity contribution in [2.75, 3.05) is 46.0 Å². The quantitative estimate of drug-likeness (QED) is 0.762. The number of hydrogen-bond donors (Lipinski definition) is 0. The Morgan fingerprint density at radius 3 is 2.43 bits per heavy atom. The second-order valence-corrected chi connectivity index (χ2v) is 7.95. The number of carbonyl (C=O) groups excluding carboxylic acids is 1. The molecule has 28 heavy (non-hydrogen) atoms. The van der Waals surface area contributed by atoms with Gasteiger partial charge in [-0.2, -0.15) is 0 Å². The van der Waals surface area contributed by atoms with E-state index in [9.17, 15) is 9.00 Å². The van der Waals surface area contributed by atoms with Gasteiger partial charge >= 0.3 is 0 Å². The van der Waals surface area contributed by atoms with Crippen LogP contribution in [0.3, 0.4) is 0 Å². The molecule has 2 aliphatic rings. The molecule has 4 rings (SSSR count). The number of piperazine rings is 1. The number of hydrogen-bond acceptors (Lipinski definition) is 5. The van der Waals surface area contributed by atoms with E-state index in [1.807, 2.05) is 34.6 Å². The highest BCUT2D eigenvalue weighted by molar-refractivity contribution is 7.82. The second-order valence-electron chi connectivity index (χ2n) is 6.47. The zero-order valence-electron chi connectivity index (χ0n) is 15.4. The first kappa shape index (κ1) is 18.8. The van der Waals surface area contributed by atoms with E-state index >= 15 is 0 Å². The summed E-state index contributed by atoms with van der Waals surface area (Å²) in [5.74, 6) is 1.92. The van der Waals surface area contributed by atoms with Crippen LogP contribution in [0.15, 0.2) is 53.4 Å². The number of nitrogens with zero attached hydrogens (tertiary/aromatic N) is 2. The summed E-state index contributed by atoms with van der Waals surface area (Å²) in [5, 5.41) is 0. The molecular formula is C20H22N2O5S. The first-order valence-electron chi connectivity index (χ1n) is 9.23. The van der Waals surface area contributed by atoms with Gasteiger partial charge in [-0.25, -0.2) is 8.51 Å². The summed E-state index contributed by atoms with van der Waals surface area (Å²) in [6, 6.07) is 14.6. The Morgan fingerprint density at radius 2 is 1.68 bits per heavy atom. The molecule has 0 saturated carbocycles. The molecule has 1 atom stereocenters. The van der Waals surface area contributed by atoms with Gasteiger partial charge in [-0.15, -0.1) is 0 Å². The van der Waals surface area contributed by atoms with Gasteiger partial charge in [-0.1, -0.05) is 18.2 Å². The molecule has 2 heterocycles. The van der Waals surface area contributed by atoms with Gasteiger partial charge in [0, 0.05) is 32.2 Å². The fourth-order valence-electron chi connectivity index (χ4n) is 3.14. The monoisotopic (exact) mass is 402 g/mol. The average molecular weight is 402 g/mol.